The molecule has 8 heavy (non-hydrogen) atoms. The van der Waals surface area contributed by atoms with Crippen LogP contribution in [-0.2, 0) is 4.79 Å². The summed E-state index contributed by atoms with van der Waals surface area (Å²) in [7, 11) is 0. The van der Waals surface area contributed by atoms with E-state index in [2.05, 4.69) is 5.32 Å². The molecular weight excluding hydrogens is 106 g/mol. The SMILES string of the molecule is O=C1NC2CC(O)C12. The Bertz CT molecular complexity index is 141. The molecule has 3 heteroatoms. The molecule has 0 bridgehead atoms. The molecule has 1 heterocycles. The molecule has 1 saturated carbocycles. The molecule has 2 aliphatic rings. The third-order valence-corrected chi connectivity index (χ3v) is 1.97. The molecule has 2 N–H and O–H groups in total. The minimum Gasteiger partial charge on any atom is -0.392 e. The van der Waals surface area contributed by atoms with Gasteiger partial charge in [-0.2, -0.15) is 0 Å². The van der Waals surface area contributed by atoms with Gasteiger partial charge in [-0.15, -0.1) is 0 Å². The molecule has 0 radical (unpaired) electrons. The predicted molar refractivity (Wildman–Crippen MR) is 26.0 cm³/mol. The van der Waals surface area contributed by atoms with Crippen molar-refractivity contribution in [2.45, 2.75) is 18.6 Å². The number of nitrogens with one attached hydrogen (secondary N) is 1. The van der Waals surface area contributed by atoms with Crippen LogP contribution in [0.1, 0.15) is 6.42 Å². The molecule has 1 saturated heterocycles. The van der Waals surface area contributed by atoms with Crippen molar-refractivity contribution < 1.29 is 9.90 Å². The zero-order chi connectivity index (χ0) is 5.72. The maximum atomic E-state index is 10.4. The van der Waals surface area contributed by atoms with Crippen LogP contribution in [0.5, 0.6) is 0 Å². The van der Waals surface area contributed by atoms with Gasteiger partial charge in [-0.3, -0.25) is 4.79 Å². The molecular formula is C5H7NO2. The summed E-state index contributed by atoms with van der Waals surface area (Å²) in [6.45, 7) is 0. The van der Waals surface area contributed by atoms with E-state index in [1.165, 1.54) is 0 Å². The fourth-order valence-corrected chi connectivity index (χ4v) is 1.31. The Morgan fingerprint density at radius 3 is 2.75 bits per heavy atom. The first kappa shape index (κ1) is 4.32. The Labute approximate surface area is 46.7 Å². The van der Waals surface area contributed by atoms with Crippen molar-refractivity contribution in [3.8, 4) is 0 Å². The lowest BCUT2D eigenvalue weighted by Gasteiger charge is -2.49. The van der Waals surface area contributed by atoms with E-state index in [0.717, 1.165) is 6.42 Å². The molecule has 1 amide bonds. The number of aliphatic hydroxyl groups is 1. The van der Waals surface area contributed by atoms with Gasteiger partial charge in [0.2, 0.25) is 5.91 Å². The standard InChI is InChI=1S/C5H7NO2/c7-3-1-2-4(3)5(8)6-2/h2-4,7H,1H2,(H,6,8). The molecule has 0 aromatic carbocycles. The lowest BCUT2D eigenvalue weighted by Crippen LogP contribution is -2.70. The van der Waals surface area contributed by atoms with Gasteiger partial charge in [0.05, 0.1) is 12.0 Å². The van der Waals surface area contributed by atoms with Crippen LogP contribution in [-0.4, -0.2) is 23.2 Å². The molecule has 3 atom stereocenters. The van der Waals surface area contributed by atoms with E-state index in [4.69, 9.17) is 5.11 Å². The second-order valence-electron chi connectivity index (χ2n) is 2.44. The van der Waals surface area contributed by atoms with Crippen LogP contribution in [0.2, 0.25) is 0 Å². The smallest absolute Gasteiger partial charge is 0.228 e. The zero-order valence-electron chi connectivity index (χ0n) is 4.29. The van der Waals surface area contributed by atoms with Crippen molar-refractivity contribution in [1.82, 2.24) is 5.32 Å². The lowest BCUT2D eigenvalue weighted by molar-refractivity contribution is -0.155. The van der Waals surface area contributed by atoms with E-state index in [9.17, 15) is 4.79 Å². The first-order valence-electron chi connectivity index (χ1n) is 2.77. The fourth-order valence-electron chi connectivity index (χ4n) is 1.31. The minimum atomic E-state index is -0.339. The summed E-state index contributed by atoms with van der Waals surface area (Å²) in [6.07, 6.45) is 0.421. The second kappa shape index (κ2) is 1.05. The summed E-state index contributed by atoms with van der Waals surface area (Å²) < 4.78 is 0. The van der Waals surface area contributed by atoms with Gasteiger partial charge in [0, 0.05) is 6.04 Å². The van der Waals surface area contributed by atoms with E-state index in [1.54, 1.807) is 0 Å². The number of aliphatic hydroxyl groups excluding tert-OH is 1. The zero-order valence-corrected chi connectivity index (χ0v) is 4.29. The molecule has 0 aromatic heterocycles. The Morgan fingerprint density at radius 1 is 1.75 bits per heavy atom. The van der Waals surface area contributed by atoms with E-state index in [0.29, 0.717) is 6.04 Å². The van der Waals surface area contributed by atoms with E-state index in [1.807, 2.05) is 0 Å². The average Bonchev–Trinajstić information content (AvgIpc) is 1.63. The third-order valence-electron chi connectivity index (χ3n) is 1.97. The van der Waals surface area contributed by atoms with E-state index < -0.39 is 0 Å². The molecule has 1 aliphatic heterocycles. The van der Waals surface area contributed by atoms with Crippen LogP contribution in [0.3, 0.4) is 0 Å². The van der Waals surface area contributed by atoms with Crippen molar-refractivity contribution in [1.29, 1.82) is 0 Å². The first-order valence-corrected chi connectivity index (χ1v) is 2.77. The highest BCUT2D eigenvalue weighted by Gasteiger charge is 2.53. The number of rotatable bonds is 0. The van der Waals surface area contributed by atoms with Gasteiger partial charge < -0.3 is 10.4 Å². The summed E-state index contributed by atoms with van der Waals surface area (Å²) in [4.78, 5) is 10.4. The maximum Gasteiger partial charge on any atom is 0.228 e. The summed E-state index contributed by atoms with van der Waals surface area (Å²) >= 11 is 0. The molecule has 1 aliphatic carbocycles. The van der Waals surface area contributed by atoms with Crippen molar-refractivity contribution >= 4 is 5.91 Å². The van der Waals surface area contributed by atoms with Gasteiger partial charge >= 0.3 is 0 Å². The highest BCUT2D eigenvalue weighted by atomic mass is 16.3. The van der Waals surface area contributed by atoms with Crippen molar-refractivity contribution in [3.63, 3.8) is 0 Å². The molecule has 3 unspecified atom stereocenters. The third kappa shape index (κ3) is 0.282. The molecule has 0 spiro atoms. The van der Waals surface area contributed by atoms with Crippen LogP contribution in [0.15, 0.2) is 0 Å². The first-order chi connectivity index (χ1) is 3.79. The molecule has 44 valence electrons. The molecule has 2 rings (SSSR count). The monoisotopic (exact) mass is 113 g/mol. The number of carbonyl (C=O) groups excluding carboxylic acids is 1. The number of hydrogen-bond acceptors (Lipinski definition) is 2. The fraction of sp³-hybridized carbons (Fsp3) is 0.800. The lowest BCUT2D eigenvalue weighted by atomic mass is 9.70. The Balaban J connectivity index is 2.09. The average molecular weight is 113 g/mol. The van der Waals surface area contributed by atoms with Gasteiger partial charge in [-0.05, 0) is 6.42 Å². The van der Waals surface area contributed by atoms with Crippen LogP contribution in [0.25, 0.3) is 0 Å². The van der Waals surface area contributed by atoms with Crippen LogP contribution in [0, 0.1) is 5.92 Å². The number of fused-ring (bicyclic) bond motifs is 1. The van der Waals surface area contributed by atoms with E-state index >= 15 is 0 Å². The van der Waals surface area contributed by atoms with Gasteiger partial charge in [0.25, 0.3) is 0 Å². The minimum absolute atomic E-state index is 0.0220. The molecule has 3 nitrogen and oxygen atoms in total. The van der Waals surface area contributed by atoms with Crippen LogP contribution in [0.4, 0.5) is 0 Å². The molecule has 0 aromatic rings. The Kier molecular flexibility index (Phi) is 0.568. The van der Waals surface area contributed by atoms with Gasteiger partial charge in [0.1, 0.15) is 0 Å². The van der Waals surface area contributed by atoms with Gasteiger partial charge in [-0.1, -0.05) is 0 Å². The van der Waals surface area contributed by atoms with Crippen LogP contribution < -0.4 is 5.32 Å². The molecule has 2 fully saturated rings. The Morgan fingerprint density at radius 2 is 2.50 bits per heavy atom. The number of hydrogen-bond donors (Lipinski definition) is 2. The van der Waals surface area contributed by atoms with Gasteiger partial charge in [0.15, 0.2) is 0 Å². The van der Waals surface area contributed by atoms with Gasteiger partial charge in [-0.25, -0.2) is 0 Å². The number of β-lactam (4-membered cyclic amide) rings is 1. The maximum absolute atomic E-state index is 10.4. The second-order valence-corrected chi connectivity index (χ2v) is 2.44. The van der Waals surface area contributed by atoms with Crippen LogP contribution >= 0.6 is 0 Å². The van der Waals surface area contributed by atoms with Crippen molar-refractivity contribution in [2.75, 3.05) is 0 Å². The quantitative estimate of drug-likeness (QED) is 0.390. The summed E-state index contributed by atoms with van der Waals surface area (Å²) in [5.41, 5.74) is 0. The predicted octanol–water partition coefficient (Wildman–Crippen LogP) is -1.13. The van der Waals surface area contributed by atoms with E-state index in [-0.39, 0.29) is 17.9 Å². The highest BCUT2D eigenvalue weighted by molar-refractivity contribution is 5.88. The normalized spacial score (nSPS) is 50.6. The largest absolute Gasteiger partial charge is 0.392 e. The summed E-state index contributed by atoms with van der Waals surface area (Å²) in [6, 6.07) is 0.317. The number of carbonyl (C=O) groups is 1. The van der Waals surface area contributed by atoms with Crippen molar-refractivity contribution in [3.05, 3.63) is 0 Å². The number of piperidine rings is 1. The van der Waals surface area contributed by atoms with Crippen molar-refractivity contribution in [2.24, 2.45) is 5.92 Å². The topological polar surface area (TPSA) is 49.3 Å². The Hall–Kier alpha value is -0.570. The summed E-state index contributed by atoms with van der Waals surface area (Å²) in [5.74, 6) is -0.0243. The summed E-state index contributed by atoms with van der Waals surface area (Å²) in [5, 5.41) is 11.5. The highest BCUT2D eigenvalue weighted by Crippen LogP contribution is 2.34. The number of amides is 1.